The Morgan fingerprint density at radius 2 is 0.821 bits per heavy atom. The topological polar surface area (TPSA) is 29.1 Å². The van der Waals surface area contributed by atoms with Crippen LogP contribution in [0.2, 0.25) is 0 Å². The molecule has 0 saturated carbocycles. The molecular weight excluding hydrogens is 610 g/mol. The highest BCUT2D eigenvalue weighted by molar-refractivity contribution is 6.22. The fourth-order valence-corrected chi connectivity index (χ4v) is 3.17. The molecular formula is C20H24ClF16NO. The van der Waals surface area contributed by atoms with Gasteiger partial charge in [-0.3, -0.25) is 4.79 Å². The first-order valence-electron chi connectivity index (χ1n) is 11.2. The van der Waals surface area contributed by atoms with E-state index in [9.17, 15) is 75.0 Å². The van der Waals surface area contributed by atoms with E-state index < -0.39 is 59.3 Å². The Kier molecular flexibility index (Phi) is 12.2. The molecule has 0 radical (unpaired) electrons. The molecule has 0 unspecified atom stereocenters. The maximum Gasteiger partial charge on any atom is 0.393 e. The average molecular weight is 634 g/mol. The van der Waals surface area contributed by atoms with Crippen molar-refractivity contribution in [2.24, 2.45) is 0 Å². The monoisotopic (exact) mass is 633 g/mol. The van der Waals surface area contributed by atoms with Crippen molar-refractivity contribution in [2.75, 3.05) is 6.54 Å². The number of hydrogen-bond donors (Lipinski definition) is 1. The minimum atomic E-state index is -8.58. The molecule has 0 aliphatic carbocycles. The van der Waals surface area contributed by atoms with Gasteiger partial charge in [-0.1, -0.05) is 58.3 Å². The molecule has 0 aliphatic rings. The Bertz CT molecular complexity index is 797. The van der Waals surface area contributed by atoms with Gasteiger partial charge in [-0.25, -0.2) is 0 Å². The van der Waals surface area contributed by atoms with Gasteiger partial charge in [0, 0.05) is 6.54 Å². The van der Waals surface area contributed by atoms with Gasteiger partial charge in [-0.15, -0.1) is 0 Å². The highest BCUT2D eigenvalue weighted by Crippen LogP contribution is 2.64. The third kappa shape index (κ3) is 6.93. The quantitative estimate of drug-likeness (QED) is 0.0912. The zero-order valence-electron chi connectivity index (χ0n) is 19.9. The Labute approximate surface area is 216 Å². The summed E-state index contributed by atoms with van der Waals surface area (Å²) >= 11 is 3.45. The molecule has 0 rings (SSSR count). The molecule has 234 valence electrons. The van der Waals surface area contributed by atoms with Gasteiger partial charge < -0.3 is 5.32 Å². The van der Waals surface area contributed by atoms with Crippen LogP contribution in [0.5, 0.6) is 0 Å². The molecule has 0 aromatic rings. The van der Waals surface area contributed by atoms with E-state index in [2.05, 4.69) is 11.6 Å². The summed E-state index contributed by atoms with van der Waals surface area (Å²) < 4.78 is 215. The average Bonchev–Trinajstić information content (AvgIpc) is 2.78. The molecule has 0 aliphatic heterocycles. The van der Waals surface area contributed by atoms with Crippen molar-refractivity contribution in [1.29, 1.82) is 0 Å². The van der Waals surface area contributed by atoms with E-state index in [4.69, 9.17) is 0 Å². The number of amides is 1. The van der Waals surface area contributed by atoms with Crippen LogP contribution in [0.15, 0.2) is 0 Å². The number of alkyl halides is 17. The number of carbonyl (C=O) groups excluding carboxylic acids is 1. The summed E-state index contributed by atoms with van der Waals surface area (Å²) in [6, 6.07) is 0. The molecule has 0 aromatic heterocycles. The number of rotatable bonds is 18. The molecule has 39 heavy (non-hydrogen) atoms. The molecule has 0 aromatic carbocycles. The largest absolute Gasteiger partial charge is 0.393 e. The maximum absolute atomic E-state index is 13.8. The third-order valence-corrected chi connectivity index (χ3v) is 5.81. The Balaban J connectivity index is 5.67. The van der Waals surface area contributed by atoms with Crippen LogP contribution in [0, 0.1) is 0 Å². The third-order valence-electron chi connectivity index (χ3n) is 5.57. The van der Waals surface area contributed by atoms with Crippen molar-refractivity contribution in [1.82, 2.24) is 5.32 Å². The van der Waals surface area contributed by atoms with Gasteiger partial charge in [0.1, 0.15) is 0 Å². The van der Waals surface area contributed by atoms with Crippen molar-refractivity contribution in [3.63, 3.8) is 0 Å². The van der Waals surface area contributed by atoms with E-state index in [1.807, 2.05) is 6.92 Å². The van der Waals surface area contributed by atoms with Gasteiger partial charge in [-0.05, 0) is 18.0 Å². The fraction of sp³-hybridized carbons (Fsp3) is 0.950. The van der Waals surface area contributed by atoms with Crippen LogP contribution in [0.4, 0.5) is 70.2 Å². The summed E-state index contributed by atoms with van der Waals surface area (Å²) in [4.78, 5) is 11.4. The van der Waals surface area contributed by atoms with E-state index in [1.165, 1.54) is 0 Å². The minimum absolute atomic E-state index is 0.185. The second kappa shape index (κ2) is 12.7. The molecule has 1 amide bonds. The molecule has 0 spiro atoms. The number of carbonyl (C=O) groups is 1. The van der Waals surface area contributed by atoms with Crippen LogP contribution >= 0.6 is 11.6 Å². The molecule has 0 fully saturated rings. The Morgan fingerprint density at radius 3 is 1.18 bits per heavy atom. The molecule has 0 atom stereocenters. The predicted molar refractivity (Wildman–Crippen MR) is 106 cm³/mol. The molecule has 0 saturated heterocycles. The lowest BCUT2D eigenvalue weighted by Gasteiger charge is -2.42. The Morgan fingerprint density at radius 1 is 0.513 bits per heavy atom. The zero-order valence-corrected chi connectivity index (χ0v) is 20.7. The molecule has 2 nitrogen and oxygen atoms in total. The lowest BCUT2D eigenvalue weighted by atomic mass is 9.89. The van der Waals surface area contributed by atoms with Crippen LogP contribution in [0.25, 0.3) is 0 Å². The number of hydrogen-bond acceptors (Lipinski definition) is 1. The first kappa shape index (κ1) is 37.6. The van der Waals surface area contributed by atoms with Gasteiger partial charge in [0.15, 0.2) is 0 Å². The van der Waals surface area contributed by atoms with E-state index in [0.717, 1.165) is 37.4 Å². The standard InChI is InChI=1S/C20H24ClF16NO/c1-2-3-4-5-6-7-8-9-10-11-38-12(39)13(22,23)14(24,25)15(26,27)16(28,29)17(30,31)18(32,33)19(34,35)20(21,36)37/h2-11H2,1H3,(H,38,39). The predicted octanol–water partition coefficient (Wildman–Crippen LogP) is 8.91. The summed E-state index contributed by atoms with van der Waals surface area (Å²) in [6.45, 7) is 1.05. The number of unbranched alkanes of at least 4 members (excludes halogenated alkanes) is 8. The summed E-state index contributed by atoms with van der Waals surface area (Å²) in [6.07, 6.45) is 5.63. The molecule has 19 heteroatoms. The van der Waals surface area contributed by atoms with Gasteiger partial charge in [0.05, 0.1) is 0 Å². The highest BCUT2D eigenvalue weighted by Gasteiger charge is 2.95. The van der Waals surface area contributed by atoms with Crippen LogP contribution in [-0.2, 0) is 4.79 Å². The van der Waals surface area contributed by atoms with Crippen LogP contribution in [-0.4, -0.2) is 59.3 Å². The van der Waals surface area contributed by atoms with Crippen LogP contribution in [0.3, 0.4) is 0 Å². The van der Waals surface area contributed by atoms with Crippen molar-refractivity contribution >= 4 is 17.5 Å². The number of halogens is 17. The number of nitrogens with one attached hydrogen (secondary N) is 1. The first-order chi connectivity index (χ1) is 17.2. The summed E-state index contributed by atoms with van der Waals surface area (Å²) in [5.74, 6) is -60.0. The second-order valence-corrected chi connectivity index (χ2v) is 9.08. The SMILES string of the molecule is CCCCCCCCCCCNC(=O)C(F)(F)C(F)(F)C(F)(F)C(F)(F)C(F)(F)C(F)(F)C(F)(F)C(F)(F)Cl. The van der Waals surface area contributed by atoms with Crippen molar-refractivity contribution in [3.05, 3.63) is 0 Å². The van der Waals surface area contributed by atoms with Gasteiger partial charge >= 0.3 is 46.8 Å². The highest BCUT2D eigenvalue weighted by atomic mass is 35.5. The lowest BCUT2D eigenvalue weighted by Crippen LogP contribution is -2.75. The second-order valence-electron chi connectivity index (χ2n) is 8.60. The Hall–Kier alpha value is -1.36. The van der Waals surface area contributed by atoms with Gasteiger partial charge in [0.2, 0.25) is 0 Å². The van der Waals surface area contributed by atoms with E-state index >= 15 is 0 Å². The fourth-order valence-electron chi connectivity index (χ4n) is 3.06. The molecule has 1 N–H and O–H groups in total. The van der Waals surface area contributed by atoms with Crippen molar-refractivity contribution < 1.29 is 75.0 Å². The van der Waals surface area contributed by atoms with Crippen molar-refractivity contribution in [3.8, 4) is 0 Å². The summed E-state index contributed by atoms with van der Waals surface area (Å²) in [5, 5.41) is -5.88. The summed E-state index contributed by atoms with van der Waals surface area (Å²) in [5.41, 5.74) is 0. The minimum Gasteiger partial charge on any atom is -0.351 e. The summed E-state index contributed by atoms with van der Waals surface area (Å²) in [7, 11) is 0. The first-order valence-corrected chi connectivity index (χ1v) is 11.6. The van der Waals surface area contributed by atoms with E-state index in [1.54, 1.807) is 0 Å². The smallest absolute Gasteiger partial charge is 0.351 e. The normalized spacial score (nSPS) is 15.0. The molecule has 0 bridgehead atoms. The lowest BCUT2D eigenvalue weighted by molar-refractivity contribution is -0.446. The molecule has 0 heterocycles. The van der Waals surface area contributed by atoms with Crippen LogP contribution < -0.4 is 5.32 Å². The van der Waals surface area contributed by atoms with Crippen molar-refractivity contribution in [2.45, 2.75) is 112 Å². The maximum atomic E-state index is 13.8. The van der Waals surface area contributed by atoms with E-state index in [-0.39, 0.29) is 12.8 Å². The van der Waals surface area contributed by atoms with E-state index in [0.29, 0.717) is 12.8 Å². The van der Waals surface area contributed by atoms with Gasteiger partial charge in [0.25, 0.3) is 5.91 Å². The van der Waals surface area contributed by atoms with Gasteiger partial charge in [-0.2, -0.15) is 70.2 Å². The zero-order chi connectivity index (χ0) is 31.4. The van der Waals surface area contributed by atoms with Crippen LogP contribution in [0.1, 0.15) is 64.7 Å².